The molecular formula is C10H12FN3O4S2. The predicted molar refractivity (Wildman–Crippen MR) is 75.0 cm³/mol. The highest BCUT2D eigenvalue weighted by atomic mass is 32.2. The SMILES string of the molecule is CCOC(=O)NS(=O)(=O)Nc1ccc(F)cc1C(N)=S. The Morgan fingerprint density at radius 1 is 1.50 bits per heavy atom. The van der Waals surface area contributed by atoms with Gasteiger partial charge in [-0.3, -0.25) is 4.72 Å². The molecule has 0 heterocycles. The normalized spacial score (nSPS) is 10.7. The Labute approximate surface area is 120 Å². The molecule has 20 heavy (non-hydrogen) atoms. The number of benzene rings is 1. The number of anilines is 1. The van der Waals surface area contributed by atoms with Crippen molar-refractivity contribution in [2.45, 2.75) is 6.92 Å². The number of hydrogen-bond acceptors (Lipinski definition) is 5. The third-order valence-corrected chi connectivity index (χ3v) is 3.13. The number of carbonyl (C=O) groups excluding carboxylic acids is 1. The van der Waals surface area contributed by atoms with Crippen molar-refractivity contribution in [2.24, 2.45) is 5.73 Å². The van der Waals surface area contributed by atoms with Crippen LogP contribution in [-0.2, 0) is 14.9 Å². The van der Waals surface area contributed by atoms with E-state index in [4.69, 9.17) is 18.0 Å². The molecule has 0 spiro atoms. The average Bonchev–Trinajstić information content (AvgIpc) is 2.30. The van der Waals surface area contributed by atoms with Gasteiger partial charge < -0.3 is 10.5 Å². The molecule has 0 saturated heterocycles. The van der Waals surface area contributed by atoms with Crippen molar-refractivity contribution in [2.75, 3.05) is 11.3 Å². The first-order valence-electron chi connectivity index (χ1n) is 5.32. The first kappa shape index (κ1) is 16.1. The smallest absolute Gasteiger partial charge is 0.422 e. The molecule has 4 N–H and O–H groups in total. The van der Waals surface area contributed by atoms with Crippen LogP contribution in [0.5, 0.6) is 0 Å². The first-order chi connectivity index (χ1) is 9.25. The molecular weight excluding hydrogens is 309 g/mol. The molecule has 110 valence electrons. The highest BCUT2D eigenvalue weighted by Gasteiger charge is 2.17. The van der Waals surface area contributed by atoms with E-state index >= 15 is 0 Å². The molecule has 1 aromatic rings. The first-order valence-corrected chi connectivity index (χ1v) is 7.21. The Bertz CT molecular complexity index is 633. The maximum absolute atomic E-state index is 13.1. The zero-order valence-corrected chi connectivity index (χ0v) is 12.0. The molecule has 0 fully saturated rings. The van der Waals surface area contributed by atoms with Gasteiger partial charge in [-0.05, 0) is 25.1 Å². The van der Waals surface area contributed by atoms with Gasteiger partial charge in [-0.2, -0.15) is 8.42 Å². The second kappa shape index (κ2) is 6.48. The van der Waals surface area contributed by atoms with Crippen LogP contribution in [-0.4, -0.2) is 26.1 Å². The molecule has 0 aliphatic heterocycles. The summed E-state index contributed by atoms with van der Waals surface area (Å²) >= 11 is 4.69. The number of thiocarbonyl (C=S) groups is 1. The molecule has 0 radical (unpaired) electrons. The lowest BCUT2D eigenvalue weighted by Gasteiger charge is -2.12. The van der Waals surface area contributed by atoms with Crippen molar-refractivity contribution < 1.29 is 22.3 Å². The summed E-state index contributed by atoms with van der Waals surface area (Å²) < 4.78 is 44.4. The number of halogens is 1. The van der Waals surface area contributed by atoms with Crippen LogP contribution in [0, 0.1) is 5.82 Å². The summed E-state index contributed by atoms with van der Waals surface area (Å²) in [5, 5.41) is 0. The second-order valence-electron chi connectivity index (χ2n) is 3.48. The number of hydrogen-bond donors (Lipinski definition) is 3. The van der Waals surface area contributed by atoms with Crippen LogP contribution in [0.3, 0.4) is 0 Å². The minimum absolute atomic E-state index is 0.00534. The number of ether oxygens (including phenoxy) is 1. The van der Waals surface area contributed by atoms with Gasteiger partial charge in [0, 0.05) is 5.56 Å². The van der Waals surface area contributed by atoms with Gasteiger partial charge in [0.1, 0.15) is 10.8 Å². The summed E-state index contributed by atoms with van der Waals surface area (Å²) in [4.78, 5) is 10.9. The highest BCUT2D eigenvalue weighted by molar-refractivity contribution is 7.91. The number of nitrogens with one attached hydrogen (secondary N) is 2. The van der Waals surface area contributed by atoms with Crippen LogP contribution in [0.1, 0.15) is 12.5 Å². The van der Waals surface area contributed by atoms with Gasteiger partial charge in [0.15, 0.2) is 0 Å². The van der Waals surface area contributed by atoms with Gasteiger partial charge in [-0.1, -0.05) is 12.2 Å². The molecule has 1 rings (SSSR count). The molecule has 0 atom stereocenters. The second-order valence-corrected chi connectivity index (χ2v) is 5.34. The van der Waals surface area contributed by atoms with Gasteiger partial charge in [-0.15, -0.1) is 0 Å². The Morgan fingerprint density at radius 3 is 2.70 bits per heavy atom. The standard InChI is InChI=1S/C10H12FN3O4S2/c1-2-18-10(15)14-20(16,17)13-8-4-3-6(11)5-7(8)9(12)19/h3-5,13H,2H2,1H3,(H2,12,19)(H,14,15). The van der Waals surface area contributed by atoms with Gasteiger partial charge in [0.05, 0.1) is 12.3 Å². The van der Waals surface area contributed by atoms with E-state index in [1.165, 1.54) is 6.92 Å². The van der Waals surface area contributed by atoms with Gasteiger partial charge in [0.25, 0.3) is 0 Å². The maximum Gasteiger partial charge on any atom is 0.422 e. The Hall–Kier alpha value is -1.94. The Balaban J connectivity index is 2.98. The third kappa shape index (κ3) is 4.63. The average molecular weight is 321 g/mol. The molecule has 0 aliphatic rings. The van der Waals surface area contributed by atoms with Crippen molar-refractivity contribution in [3.63, 3.8) is 0 Å². The fourth-order valence-corrected chi connectivity index (χ4v) is 2.22. The molecule has 0 unspecified atom stereocenters. The van der Waals surface area contributed by atoms with Crippen LogP contribution in [0.15, 0.2) is 18.2 Å². The van der Waals surface area contributed by atoms with E-state index in [0.717, 1.165) is 18.2 Å². The summed E-state index contributed by atoms with van der Waals surface area (Å²) in [6.07, 6.45) is -1.14. The van der Waals surface area contributed by atoms with E-state index in [-0.39, 0.29) is 22.8 Å². The van der Waals surface area contributed by atoms with E-state index in [9.17, 15) is 17.6 Å². The van der Waals surface area contributed by atoms with Crippen molar-refractivity contribution >= 4 is 39.2 Å². The molecule has 0 bridgehead atoms. The molecule has 1 amide bonds. The lowest BCUT2D eigenvalue weighted by molar-refractivity contribution is 0.159. The summed E-state index contributed by atoms with van der Waals surface area (Å²) in [5.74, 6) is -0.630. The zero-order chi connectivity index (χ0) is 15.3. The summed E-state index contributed by atoms with van der Waals surface area (Å²) in [6, 6.07) is 3.13. The van der Waals surface area contributed by atoms with Gasteiger partial charge in [0.2, 0.25) is 0 Å². The quantitative estimate of drug-likeness (QED) is 0.694. The predicted octanol–water partition coefficient (Wildman–Crippen LogP) is 0.863. The van der Waals surface area contributed by atoms with Crippen LogP contribution in [0.2, 0.25) is 0 Å². The zero-order valence-electron chi connectivity index (χ0n) is 10.3. The fourth-order valence-electron chi connectivity index (χ4n) is 1.25. The maximum atomic E-state index is 13.1. The van der Waals surface area contributed by atoms with Crippen LogP contribution < -0.4 is 15.2 Å². The van der Waals surface area contributed by atoms with E-state index in [2.05, 4.69) is 4.74 Å². The number of amides is 1. The van der Waals surface area contributed by atoms with Gasteiger partial charge in [-0.25, -0.2) is 13.9 Å². The largest absolute Gasteiger partial charge is 0.449 e. The molecule has 1 aromatic carbocycles. The lowest BCUT2D eigenvalue weighted by atomic mass is 10.2. The van der Waals surface area contributed by atoms with Crippen LogP contribution in [0.25, 0.3) is 0 Å². The number of rotatable bonds is 5. The van der Waals surface area contributed by atoms with Crippen LogP contribution >= 0.6 is 12.2 Å². The molecule has 7 nitrogen and oxygen atoms in total. The molecule has 0 aromatic heterocycles. The third-order valence-electron chi connectivity index (χ3n) is 1.98. The van der Waals surface area contributed by atoms with Crippen molar-refractivity contribution in [1.82, 2.24) is 4.72 Å². The number of nitrogens with two attached hydrogens (primary N) is 1. The molecule has 0 aliphatic carbocycles. The van der Waals surface area contributed by atoms with E-state index in [1.807, 2.05) is 4.72 Å². The minimum atomic E-state index is -4.24. The lowest BCUT2D eigenvalue weighted by Crippen LogP contribution is -2.36. The van der Waals surface area contributed by atoms with Crippen molar-refractivity contribution in [1.29, 1.82) is 0 Å². The Morgan fingerprint density at radius 2 is 2.15 bits per heavy atom. The summed E-state index contributed by atoms with van der Waals surface area (Å²) in [6.45, 7) is 1.53. The molecule has 10 heteroatoms. The molecule has 0 saturated carbocycles. The monoisotopic (exact) mass is 321 g/mol. The van der Waals surface area contributed by atoms with E-state index in [0.29, 0.717) is 0 Å². The van der Waals surface area contributed by atoms with Crippen molar-refractivity contribution in [3.8, 4) is 0 Å². The van der Waals surface area contributed by atoms with Crippen molar-refractivity contribution in [3.05, 3.63) is 29.6 Å². The summed E-state index contributed by atoms with van der Waals surface area (Å²) in [7, 11) is -4.24. The topological polar surface area (TPSA) is 111 Å². The minimum Gasteiger partial charge on any atom is -0.449 e. The van der Waals surface area contributed by atoms with Crippen LogP contribution in [0.4, 0.5) is 14.9 Å². The van der Waals surface area contributed by atoms with E-state index in [1.54, 1.807) is 4.72 Å². The summed E-state index contributed by atoms with van der Waals surface area (Å²) in [5.41, 5.74) is 5.30. The fraction of sp³-hybridized carbons (Fsp3) is 0.200. The highest BCUT2D eigenvalue weighted by Crippen LogP contribution is 2.18. The van der Waals surface area contributed by atoms with E-state index < -0.39 is 22.1 Å². The van der Waals surface area contributed by atoms with Gasteiger partial charge >= 0.3 is 16.3 Å². The Kier molecular flexibility index (Phi) is 5.22. The number of carbonyl (C=O) groups is 1.